The van der Waals surface area contributed by atoms with Crippen LogP contribution < -0.4 is 0 Å². The molecule has 148 valence electrons. The summed E-state index contributed by atoms with van der Waals surface area (Å²) in [6.45, 7) is 18.2. The normalized spacial score (nSPS) is 17.5. The average Bonchev–Trinajstić information content (AvgIpc) is 2.50. The quantitative estimate of drug-likeness (QED) is 0.367. The van der Waals surface area contributed by atoms with Gasteiger partial charge in [0.05, 0.1) is 11.2 Å². The molecule has 0 aliphatic rings. The van der Waals surface area contributed by atoms with Crippen LogP contribution in [0.5, 0.6) is 0 Å². The molecule has 2 atom stereocenters. The van der Waals surface area contributed by atoms with Gasteiger partial charge in [-0.05, 0) is 55.4 Å². The van der Waals surface area contributed by atoms with Crippen molar-refractivity contribution in [3.63, 3.8) is 0 Å². The van der Waals surface area contributed by atoms with Gasteiger partial charge in [-0.15, -0.1) is 0 Å². The highest BCUT2D eigenvalue weighted by molar-refractivity contribution is 4.59. The molecule has 8 heteroatoms. The first-order chi connectivity index (χ1) is 10.7. The molecule has 0 saturated heterocycles. The second kappa shape index (κ2) is 10.6. The zero-order chi connectivity index (χ0) is 19.7. The predicted molar refractivity (Wildman–Crippen MR) is 88.7 cm³/mol. The maximum absolute atomic E-state index is 8.52. The Kier molecular flexibility index (Phi) is 11.5. The molecule has 24 heavy (non-hydrogen) atoms. The first-order valence-corrected chi connectivity index (χ1v) is 8.04. The van der Waals surface area contributed by atoms with Crippen molar-refractivity contribution in [2.75, 3.05) is 0 Å². The summed E-state index contributed by atoms with van der Waals surface area (Å²) in [5, 5.41) is 17.0. The van der Waals surface area contributed by atoms with E-state index >= 15 is 0 Å². The number of hydrogen-bond acceptors (Lipinski definition) is 8. The summed E-state index contributed by atoms with van der Waals surface area (Å²) >= 11 is 0. The molecule has 0 spiro atoms. The van der Waals surface area contributed by atoms with Gasteiger partial charge < -0.3 is 0 Å². The highest BCUT2D eigenvalue weighted by Crippen LogP contribution is 2.23. The molecule has 2 unspecified atom stereocenters. The molecule has 0 rings (SSSR count). The van der Waals surface area contributed by atoms with Crippen LogP contribution in [-0.4, -0.2) is 33.3 Å². The second-order valence-electron chi connectivity index (χ2n) is 7.72. The maximum atomic E-state index is 8.52. The molecule has 0 bridgehead atoms. The summed E-state index contributed by atoms with van der Waals surface area (Å²) in [4.78, 5) is 28.0. The van der Waals surface area contributed by atoms with E-state index < -0.39 is 11.6 Å². The minimum atomic E-state index is -1.27. The fraction of sp³-hybridized carbons (Fsp3) is 1.00. The lowest BCUT2D eigenvalue weighted by molar-refractivity contribution is -0.566. The van der Waals surface area contributed by atoms with E-state index in [2.05, 4.69) is 9.78 Å². The summed E-state index contributed by atoms with van der Waals surface area (Å²) in [5.74, 6) is -2.54. The number of rotatable bonds is 8. The summed E-state index contributed by atoms with van der Waals surface area (Å²) in [6, 6.07) is 0. The highest BCUT2D eigenvalue weighted by Gasteiger charge is 2.33. The molecule has 0 aliphatic heterocycles. The minimum Gasteiger partial charge on any atom is -0.249 e. The zero-order valence-corrected chi connectivity index (χ0v) is 16.8. The van der Waals surface area contributed by atoms with Crippen molar-refractivity contribution in [1.29, 1.82) is 0 Å². The maximum Gasteiger partial charge on any atom is 0.230 e. The molecule has 0 aromatic rings. The molecule has 0 radical (unpaired) electrons. The third kappa shape index (κ3) is 14.1. The van der Waals surface area contributed by atoms with Crippen LogP contribution >= 0.6 is 0 Å². The van der Waals surface area contributed by atoms with Crippen molar-refractivity contribution in [3.05, 3.63) is 0 Å². The summed E-state index contributed by atoms with van der Waals surface area (Å²) < 4.78 is 0. The SMILES string of the molecule is CC(C)(C)OOC(C)(C)C.CCC(C)(OO)OOC(C)(CC)OO. The first-order valence-electron chi connectivity index (χ1n) is 8.04. The topological polar surface area (TPSA) is 95.8 Å². The average molecular weight is 356 g/mol. The van der Waals surface area contributed by atoms with E-state index in [4.69, 9.17) is 30.1 Å². The van der Waals surface area contributed by atoms with Crippen molar-refractivity contribution >= 4 is 0 Å². The molecule has 2 N–H and O–H groups in total. The van der Waals surface area contributed by atoms with Gasteiger partial charge in [0, 0.05) is 12.8 Å². The van der Waals surface area contributed by atoms with E-state index in [1.165, 1.54) is 13.8 Å². The smallest absolute Gasteiger partial charge is 0.230 e. The van der Waals surface area contributed by atoms with Crippen LogP contribution in [0.25, 0.3) is 0 Å². The van der Waals surface area contributed by atoms with Gasteiger partial charge in [0.2, 0.25) is 11.6 Å². The van der Waals surface area contributed by atoms with Gasteiger partial charge in [-0.3, -0.25) is 0 Å². The van der Waals surface area contributed by atoms with Crippen LogP contribution in [0.2, 0.25) is 0 Å². The monoisotopic (exact) mass is 356 g/mol. The lowest BCUT2D eigenvalue weighted by Crippen LogP contribution is -2.38. The Hall–Kier alpha value is -0.320. The molecule has 0 heterocycles. The fourth-order valence-corrected chi connectivity index (χ4v) is 0.704. The van der Waals surface area contributed by atoms with Gasteiger partial charge in [-0.1, -0.05) is 13.8 Å². The lowest BCUT2D eigenvalue weighted by Gasteiger charge is -2.29. The van der Waals surface area contributed by atoms with E-state index in [-0.39, 0.29) is 11.2 Å². The molecule has 0 aromatic heterocycles. The van der Waals surface area contributed by atoms with E-state index in [1.54, 1.807) is 13.8 Å². The van der Waals surface area contributed by atoms with Crippen LogP contribution in [0.15, 0.2) is 0 Å². The first kappa shape index (κ1) is 25.9. The largest absolute Gasteiger partial charge is 0.249 e. The molecule has 0 aliphatic carbocycles. The minimum absolute atomic E-state index is 0.215. The van der Waals surface area contributed by atoms with Gasteiger partial charge in [-0.25, -0.2) is 30.1 Å². The summed E-state index contributed by atoms with van der Waals surface area (Å²) in [5.41, 5.74) is -0.430. The molecule has 0 saturated carbocycles. The van der Waals surface area contributed by atoms with E-state index in [9.17, 15) is 0 Å². The standard InChI is InChI=1S/C8H18O6.C8H18O2/c1-5-7(3,11-9)13-14-8(4,6-2)12-10;1-7(2,3)9-10-8(4,5)6/h9-10H,5-6H2,1-4H3;1-6H3. The van der Waals surface area contributed by atoms with Crippen LogP contribution in [-0.2, 0) is 29.3 Å². The molecular weight excluding hydrogens is 320 g/mol. The van der Waals surface area contributed by atoms with Gasteiger partial charge in [0.15, 0.2) is 0 Å². The van der Waals surface area contributed by atoms with Gasteiger partial charge in [-0.2, -0.15) is 9.78 Å². The number of hydrogen-bond donors (Lipinski definition) is 2. The third-order valence-electron chi connectivity index (χ3n) is 2.61. The summed E-state index contributed by atoms with van der Waals surface area (Å²) in [7, 11) is 0. The van der Waals surface area contributed by atoms with E-state index in [1.807, 2.05) is 41.5 Å². The van der Waals surface area contributed by atoms with Gasteiger partial charge in [0.25, 0.3) is 0 Å². The summed E-state index contributed by atoms with van der Waals surface area (Å²) in [6.07, 6.45) is 0.740. The van der Waals surface area contributed by atoms with Crippen molar-refractivity contribution in [1.82, 2.24) is 0 Å². The van der Waals surface area contributed by atoms with Gasteiger partial charge >= 0.3 is 0 Å². The van der Waals surface area contributed by atoms with E-state index in [0.29, 0.717) is 12.8 Å². The van der Waals surface area contributed by atoms with Crippen molar-refractivity contribution in [2.45, 2.75) is 105 Å². The van der Waals surface area contributed by atoms with E-state index in [0.717, 1.165) is 0 Å². The Labute approximate surface area is 145 Å². The van der Waals surface area contributed by atoms with Crippen LogP contribution in [0.1, 0.15) is 82.1 Å². The highest BCUT2D eigenvalue weighted by atomic mass is 17.3. The third-order valence-corrected chi connectivity index (χ3v) is 2.61. The Balaban J connectivity index is 0. The van der Waals surface area contributed by atoms with Crippen molar-refractivity contribution in [3.8, 4) is 0 Å². The molecule has 8 nitrogen and oxygen atoms in total. The van der Waals surface area contributed by atoms with Crippen LogP contribution in [0.4, 0.5) is 0 Å². The van der Waals surface area contributed by atoms with Gasteiger partial charge in [0.1, 0.15) is 0 Å². The lowest BCUT2D eigenvalue weighted by atomic mass is 10.2. The fourth-order valence-electron chi connectivity index (χ4n) is 0.704. The van der Waals surface area contributed by atoms with Crippen molar-refractivity contribution < 1.29 is 39.8 Å². The van der Waals surface area contributed by atoms with Crippen LogP contribution in [0, 0.1) is 0 Å². The predicted octanol–water partition coefficient (Wildman–Crippen LogP) is 4.70. The van der Waals surface area contributed by atoms with Crippen molar-refractivity contribution in [2.24, 2.45) is 0 Å². The molecule has 0 amide bonds. The Bertz CT molecular complexity index is 279. The Morgan fingerprint density at radius 3 is 0.917 bits per heavy atom. The zero-order valence-electron chi connectivity index (χ0n) is 16.8. The molecular formula is C16H36O8. The van der Waals surface area contributed by atoms with Crippen LogP contribution in [0.3, 0.4) is 0 Å². The second-order valence-corrected chi connectivity index (χ2v) is 7.72. The Morgan fingerprint density at radius 1 is 0.542 bits per heavy atom. The Morgan fingerprint density at radius 2 is 0.792 bits per heavy atom. The molecule has 0 aromatic carbocycles. The molecule has 0 fully saturated rings.